The normalized spacial score (nSPS) is 19.6. The van der Waals surface area contributed by atoms with Crippen molar-refractivity contribution in [1.82, 2.24) is 14.8 Å². The molecule has 0 radical (unpaired) electrons. The summed E-state index contributed by atoms with van der Waals surface area (Å²) >= 11 is 0. The molecule has 1 fully saturated rings. The Morgan fingerprint density at radius 2 is 1.89 bits per heavy atom. The van der Waals surface area contributed by atoms with E-state index in [1.54, 1.807) is 40.3 Å². The minimum Gasteiger partial charge on any atom is -0.467 e. The van der Waals surface area contributed by atoms with Crippen LogP contribution in [0, 0.1) is 0 Å². The molecule has 2 aromatic carbocycles. The van der Waals surface area contributed by atoms with Gasteiger partial charge in [0.25, 0.3) is 0 Å². The summed E-state index contributed by atoms with van der Waals surface area (Å²) < 4.78 is 10.2. The number of nitrogens with zero attached hydrogens (tertiary/aromatic N) is 2. The van der Waals surface area contributed by atoms with Crippen molar-refractivity contribution in [2.75, 3.05) is 13.7 Å². The summed E-state index contributed by atoms with van der Waals surface area (Å²) in [6.07, 6.45) is 1.99. The van der Waals surface area contributed by atoms with Gasteiger partial charge in [-0.2, -0.15) is 0 Å². The van der Waals surface area contributed by atoms with Crippen LogP contribution in [0.25, 0.3) is 10.9 Å². The molecule has 0 bridgehead atoms. The minimum atomic E-state index is -0.636. The number of aromatic nitrogens is 1. The SMILES string of the molecule is COC(=O)c1ccc([C@@H]2c3[nH]c4ccccc4c3C[C@H]3C(=O)N(Cc4ccco4)CC(=O)N23)cc1. The first kappa shape index (κ1) is 21.2. The fourth-order valence-electron chi connectivity index (χ4n) is 5.31. The molecule has 2 atom stereocenters. The number of furan rings is 1. The number of ether oxygens (including phenoxy) is 1. The summed E-state index contributed by atoms with van der Waals surface area (Å²) in [5.41, 5.74) is 4.13. The van der Waals surface area contributed by atoms with Gasteiger partial charge in [0.15, 0.2) is 0 Å². The Morgan fingerprint density at radius 1 is 1.09 bits per heavy atom. The average molecular weight is 469 g/mol. The molecule has 8 nitrogen and oxygen atoms in total. The number of esters is 1. The highest BCUT2D eigenvalue weighted by Gasteiger charge is 2.48. The molecule has 0 spiro atoms. The standard InChI is InChI=1S/C27H23N3O5/c1-34-27(33)17-10-8-16(9-11-17)25-24-20(19-6-2-3-7-21(19)28-24)13-22-26(32)29(15-23(31)30(22)25)14-18-5-4-12-35-18/h2-12,22,25,28H,13-15H2,1H3/t22-,25+/m0/s1. The number of piperazine rings is 1. The lowest BCUT2D eigenvalue weighted by Crippen LogP contribution is -2.62. The smallest absolute Gasteiger partial charge is 0.337 e. The Bertz CT molecular complexity index is 1440. The van der Waals surface area contributed by atoms with Crippen LogP contribution in [0.1, 0.15) is 39.0 Å². The molecule has 35 heavy (non-hydrogen) atoms. The van der Waals surface area contributed by atoms with Gasteiger partial charge in [0.2, 0.25) is 11.8 Å². The van der Waals surface area contributed by atoms with Gasteiger partial charge >= 0.3 is 5.97 Å². The van der Waals surface area contributed by atoms with Gasteiger partial charge in [-0.15, -0.1) is 0 Å². The van der Waals surface area contributed by atoms with E-state index in [2.05, 4.69) is 4.98 Å². The van der Waals surface area contributed by atoms with Crippen LogP contribution in [0.5, 0.6) is 0 Å². The van der Waals surface area contributed by atoms with Crippen molar-refractivity contribution in [1.29, 1.82) is 0 Å². The topological polar surface area (TPSA) is 95.9 Å². The fraction of sp³-hybridized carbons (Fsp3) is 0.222. The minimum absolute atomic E-state index is 0.0255. The number of aromatic amines is 1. The second-order valence-corrected chi connectivity index (χ2v) is 8.87. The van der Waals surface area contributed by atoms with Gasteiger partial charge in [0.1, 0.15) is 18.3 Å². The number of para-hydroxylation sites is 1. The van der Waals surface area contributed by atoms with Gasteiger partial charge in [-0.25, -0.2) is 4.79 Å². The van der Waals surface area contributed by atoms with E-state index in [9.17, 15) is 14.4 Å². The van der Waals surface area contributed by atoms with Gasteiger partial charge in [-0.3, -0.25) is 9.59 Å². The molecule has 8 heteroatoms. The molecule has 2 aromatic heterocycles. The van der Waals surface area contributed by atoms with Crippen LogP contribution in [0.15, 0.2) is 71.3 Å². The van der Waals surface area contributed by atoms with Crippen LogP contribution < -0.4 is 0 Å². The molecule has 0 aliphatic carbocycles. The Kier molecular flexibility index (Phi) is 4.95. The maximum atomic E-state index is 13.7. The second-order valence-electron chi connectivity index (χ2n) is 8.87. The number of amides is 2. The highest BCUT2D eigenvalue weighted by Crippen LogP contribution is 2.42. The van der Waals surface area contributed by atoms with Crippen molar-refractivity contribution in [2.45, 2.75) is 25.0 Å². The van der Waals surface area contributed by atoms with E-state index < -0.39 is 18.1 Å². The van der Waals surface area contributed by atoms with Crippen molar-refractivity contribution < 1.29 is 23.5 Å². The third kappa shape index (κ3) is 3.41. The van der Waals surface area contributed by atoms with Gasteiger partial charge < -0.3 is 23.9 Å². The van der Waals surface area contributed by atoms with Crippen LogP contribution >= 0.6 is 0 Å². The molecule has 1 saturated heterocycles. The zero-order valence-electron chi connectivity index (χ0n) is 19.1. The molecule has 176 valence electrons. The molecular formula is C27H23N3O5. The number of H-pyrrole nitrogens is 1. The number of hydrogen-bond acceptors (Lipinski definition) is 5. The Balaban J connectivity index is 1.45. The first-order valence-electron chi connectivity index (χ1n) is 11.4. The molecule has 4 heterocycles. The van der Waals surface area contributed by atoms with Crippen LogP contribution in [-0.4, -0.2) is 52.3 Å². The van der Waals surface area contributed by atoms with Crippen LogP contribution in [0.2, 0.25) is 0 Å². The van der Waals surface area contributed by atoms with Gasteiger partial charge in [-0.1, -0.05) is 30.3 Å². The van der Waals surface area contributed by atoms with E-state index in [1.807, 2.05) is 36.4 Å². The molecule has 4 aromatic rings. The van der Waals surface area contributed by atoms with E-state index in [1.165, 1.54) is 7.11 Å². The van der Waals surface area contributed by atoms with Crippen LogP contribution in [0.3, 0.4) is 0 Å². The predicted octanol–water partition coefficient (Wildman–Crippen LogP) is 3.43. The first-order chi connectivity index (χ1) is 17.0. The summed E-state index contributed by atoms with van der Waals surface area (Å²) in [6, 6.07) is 17.4. The highest BCUT2D eigenvalue weighted by molar-refractivity contribution is 5.97. The third-order valence-corrected chi connectivity index (χ3v) is 6.92. The van der Waals surface area contributed by atoms with Crippen LogP contribution in [-0.2, 0) is 27.3 Å². The summed E-state index contributed by atoms with van der Waals surface area (Å²) in [5.74, 6) is -0.0269. The summed E-state index contributed by atoms with van der Waals surface area (Å²) in [7, 11) is 1.34. The van der Waals surface area contributed by atoms with Crippen molar-refractivity contribution in [3.05, 3.63) is 95.1 Å². The zero-order valence-corrected chi connectivity index (χ0v) is 19.1. The largest absolute Gasteiger partial charge is 0.467 e. The lowest BCUT2D eigenvalue weighted by molar-refractivity contribution is -0.159. The highest BCUT2D eigenvalue weighted by atomic mass is 16.5. The van der Waals surface area contributed by atoms with E-state index in [4.69, 9.17) is 9.15 Å². The molecule has 2 amide bonds. The van der Waals surface area contributed by atoms with Crippen molar-refractivity contribution >= 4 is 28.7 Å². The molecule has 1 N–H and O–H groups in total. The number of carbonyl (C=O) groups excluding carboxylic acids is 3. The molecule has 0 saturated carbocycles. The number of fused-ring (bicyclic) bond motifs is 4. The number of rotatable bonds is 4. The second kappa shape index (κ2) is 8.16. The summed E-state index contributed by atoms with van der Waals surface area (Å²) in [5, 5.41) is 1.04. The molecule has 0 unspecified atom stereocenters. The lowest BCUT2D eigenvalue weighted by atomic mass is 9.86. The number of carbonyl (C=O) groups is 3. The van der Waals surface area contributed by atoms with Crippen molar-refractivity contribution in [3.63, 3.8) is 0 Å². The first-order valence-corrected chi connectivity index (χ1v) is 11.4. The number of benzene rings is 2. The van der Waals surface area contributed by atoms with Gasteiger partial charge in [0.05, 0.1) is 31.5 Å². The number of methoxy groups -OCH3 is 1. The van der Waals surface area contributed by atoms with Gasteiger partial charge in [0, 0.05) is 23.0 Å². The van der Waals surface area contributed by atoms with Gasteiger partial charge in [-0.05, 0) is 41.5 Å². The van der Waals surface area contributed by atoms with Crippen molar-refractivity contribution in [2.24, 2.45) is 0 Å². The predicted molar refractivity (Wildman–Crippen MR) is 126 cm³/mol. The summed E-state index contributed by atoms with van der Waals surface area (Å²) in [4.78, 5) is 46.0. The van der Waals surface area contributed by atoms with E-state index >= 15 is 0 Å². The maximum Gasteiger partial charge on any atom is 0.337 e. The third-order valence-electron chi connectivity index (χ3n) is 6.92. The molecule has 6 rings (SSSR count). The summed E-state index contributed by atoms with van der Waals surface area (Å²) in [6.45, 7) is 0.226. The number of nitrogens with one attached hydrogen (secondary N) is 1. The number of hydrogen-bond donors (Lipinski definition) is 1. The monoisotopic (exact) mass is 469 g/mol. The molecule has 2 aliphatic heterocycles. The van der Waals surface area contributed by atoms with Crippen LogP contribution in [0.4, 0.5) is 0 Å². The Hall–Kier alpha value is -4.33. The quantitative estimate of drug-likeness (QED) is 0.462. The molecule has 2 aliphatic rings. The Morgan fingerprint density at radius 3 is 2.63 bits per heavy atom. The fourth-order valence-corrected chi connectivity index (χ4v) is 5.31. The lowest BCUT2D eigenvalue weighted by Gasteiger charge is -2.47. The van der Waals surface area contributed by atoms with E-state index in [-0.39, 0.29) is 24.9 Å². The maximum absolute atomic E-state index is 13.7. The van der Waals surface area contributed by atoms with Crippen molar-refractivity contribution in [3.8, 4) is 0 Å². The average Bonchev–Trinajstić information content (AvgIpc) is 3.53. The molecular weight excluding hydrogens is 446 g/mol. The zero-order chi connectivity index (χ0) is 24.1. The van der Waals surface area contributed by atoms with E-state index in [0.717, 1.165) is 27.7 Å². The van der Waals surface area contributed by atoms with E-state index in [0.29, 0.717) is 17.7 Å². The Labute approximate surface area is 201 Å².